The van der Waals surface area contributed by atoms with Crippen LogP contribution >= 0.6 is 0 Å². The van der Waals surface area contributed by atoms with E-state index in [1.807, 2.05) is 0 Å². The monoisotopic (exact) mass is 813 g/mol. The SMILES string of the molecule is c1ccc(C2(c3ccccc3)c3ccccc3-c3c(N(c4ccc(-c5ccccc5-c5ccc6ccccc6c5)cc4)c4cccc(-c5cccc6ccccc56)c4)cccc32)cc1. The van der Waals surface area contributed by atoms with E-state index in [1.54, 1.807) is 0 Å². The Labute approximate surface area is 374 Å². The molecule has 300 valence electrons. The highest BCUT2D eigenvalue weighted by Gasteiger charge is 2.47. The zero-order valence-electron chi connectivity index (χ0n) is 35.3. The van der Waals surface area contributed by atoms with Crippen LogP contribution in [0.4, 0.5) is 17.1 Å². The van der Waals surface area contributed by atoms with E-state index in [1.165, 1.54) is 88.3 Å². The van der Waals surface area contributed by atoms with E-state index in [0.717, 1.165) is 17.1 Å². The molecule has 0 aliphatic heterocycles. The predicted molar refractivity (Wildman–Crippen MR) is 270 cm³/mol. The maximum Gasteiger partial charge on any atom is 0.0714 e. The molecule has 0 fully saturated rings. The standard InChI is InChI=1S/C63H43N/c1-3-23-50(24-4-1)63(51-25-5-2-6-26-51)59-33-14-13-31-58(59)62-60(63)34-17-35-61(62)64(53-27-15-22-48(43-53)57-32-16-21-45-19-9-10-28-54(45)57)52-40-38-46(39-41-52)55-29-11-12-30-56(55)49-37-36-44-18-7-8-20-47(44)42-49/h1-43H. The highest BCUT2D eigenvalue weighted by Crippen LogP contribution is 2.59. The molecule has 64 heavy (non-hydrogen) atoms. The van der Waals surface area contributed by atoms with Crippen molar-refractivity contribution in [3.05, 3.63) is 283 Å². The molecule has 0 bridgehead atoms. The van der Waals surface area contributed by atoms with Crippen molar-refractivity contribution in [3.63, 3.8) is 0 Å². The summed E-state index contributed by atoms with van der Waals surface area (Å²) in [6.45, 7) is 0. The van der Waals surface area contributed by atoms with Crippen molar-refractivity contribution in [3.8, 4) is 44.5 Å². The van der Waals surface area contributed by atoms with Crippen LogP contribution < -0.4 is 4.90 Å². The predicted octanol–water partition coefficient (Wildman–Crippen LogP) is 16.8. The minimum Gasteiger partial charge on any atom is -0.310 e. The summed E-state index contributed by atoms with van der Waals surface area (Å²) in [5.41, 5.74) is 17.6. The second kappa shape index (κ2) is 15.6. The number of fused-ring (bicyclic) bond motifs is 5. The number of benzene rings is 11. The van der Waals surface area contributed by atoms with Crippen molar-refractivity contribution in [2.24, 2.45) is 0 Å². The first-order valence-corrected chi connectivity index (χ1v) is 22.2. The van der Waals surface area contributed by atoms with Gasteiger partial charge in [-0.15, -0.1) is 0 Å². The maximum absolute atomic E-state index is 2.48. The molecule has 0 spiro atoms. The highest BCUT2D eigenvalue weighted by atomic mass is 15.1. The zero-order chi connectivity index (χ0) is 42.5. The van der Waals surface area contributed by atoms with Crippen LogP contribution in [0.2, 0.25) is 0 Å². The van der Waals surface area contributed by atoms with Gasteiger partial charge in [-0.05, 0) is 119 Å². The number of hydrogen-bond acceptors (Lipinski definition) is 1. The molecule has 1 aliphatic rings. The van der Waals surface area contributed by atoms with E-state index >= 15 is 0 Å². The molecule has 0 unspecified atom stereocenters. The van der Waals surface area contributed by atoms with E-state index in [-0.39, 0.29) is 0 Å². The Bertz CT molecular complexity index is 3450. The minimum absolute atomic E-state index is 0.517. The van der Waals surface area contributed by atoms with Gasteiger partial charge in [0.15, 0.2) is 0 Å². The zero-order valence-corrected chi connectivity index (χ0v) is 35.3. The molecule has 0 N–H and O–H groups in total. The van der Waals surface area contributed by atoms with Crippen LogP contribution in [0.15, 0.2) is 261 Å². The van der Waals surface area contributed by atoms with Gasteiger partial charge in [0.2, 0.25) is 0 Å². The molecule has 0 saturated carbocycles. The van der Waals surface area contributed by atoms with Crippen molar-refractivity contribution >= 4 is 38.6 Å². The van der Waals surface area contributed by atoms with Crippen LogP contribution in [0.1, 0.15) is 22.3 Å². The number of nitrogens with zero attached hydrogens (tertiary/aromatic N) is 1. The Morgan fingerprint density at radius 2 is 0.812 bits per heavy atom. The Kier molecular flexibility index (Phi) is 9.13. The third-order valence-corrected chi connectivity index (χ3v) is 13.3. The summed E-state index contributed by atoms with van der Waals surface area (Å²) in [5, 5.41) is 4.97. The summed E-state index contributed by atoms with van der Waals surface area (Å²) >= 11 is 0. The second-order valence-corrected chi connectivity index (χ2v) is 16.8. The lowest BCUT2D eigenvalue weighted by Gasteiger charge is -2.34. The molecule has 0 radical (unpaired) electrons. The fourth-order valence-electron chi connectivity index (χ4n) is 10.5. The fraction of sp³-hybridized carbons (Fsp3) is 0.0159. The van der Waals surface area contributed by atoms with Gasteiger partial charge in [0.25, 0.3) is 0 Å². The summed E-state index contributed by atoms with van der Waals surface area (Å²) in [5.74, 6) is 0. The van der Waals surface area contributed by atoms with Crippen LogP contribution in [0.3, 0.4) is 0 Å². The average Bonchev–Trinajstić information content (AvgIpc) is 3.68. The van der Waals surface area contributed by atoms with E-state index in [9.17, 15) is 0 Å². The second-order valence-electron chi connectivity index (χ2n) is 16.8. The summed E-state index contributed by atoms with van der Waals surface area (Å²) in [7, 11) is 0. The molecule has 1 nitrogen and oxygen atoms in total. The molecule has 1 aliphatic carbocycles. The lowest BCUT2D eigenvalue weighted by atomic mass is 9.68. The number of rotatable bonds is 8. The van der Waals surface area contributed by atoms with Gasteiger partial charge in [0.1, 0.15) is 0 Å². The van der Waals surface area contributed by atoms with Crippen molar-refractivity contribution in [1.82, 2.24) is 0 Å². The Morgan fingerprint density at radius 3 is 1.58 bits per heavy atom. The largest absolute Gasteiger partial charge is 0.310 e. The van der Waals surface area contributed by atoms with Gasteiger partial charge in [0, 0.05) is 16.9 Å². The number of hydrogen-bond donors (Lipinski definition) is 0. The molecule has 1 heteroatoms. The molecule has 11 aromatic rings. The number of anilines is 3. The van der Waals surface area contributed by atoms with E-state index < -0.39 is 5.41 Å². The summed E-state index contributed by atoms with van der Waals surface area (Å²) < 4.78 is 0. The molecule has 11 aromatic carbocycles. The molecule has 0 atom stereocenters. The molecular weight excluding hydrogens is 771 g/mol. The molecule has 0 amide bonds. The molecule has 12 rings (SSSR count). The molecule has 0 heterocycles. The average molecular weight is 814 g/mol. The minimum atomic E-state index is -0.517. The summed E-state index contributed by atoms with van der Waals surface area (Å²) in [6, 6.07) is 95.9. The summed E-state index contributed by atoms with van der Waals surface area (Å²) in [4.78, 5) is 2.48. The van der Waals surface area contributed by atoms with E-state index in [2.05, 4.69) is 266 Å². The van der Waals surface area contributed by atoms with Crippen molar-refractivity contribution in [2.75, 3.05) is 4.90 Å². The van der Waals surface area contributed by atoms with E-state index in [4.69, 9.17) is 0 Å². The van der Waals surface area contributed by atoms with Gasteiger partial charge in [-0.2, -0.15) is 0 Å². The first-order chi connectivity index (χ1) is 31.8. The van der Waals surface area contributed by atoms with Crippen LogP contribution in [0.25, 0.3) is 66.1 Å². The van der Waals surface area contributed by atoms with Gasteiger partial charge < -0.3 is 4.90 Å². The van der Waals surface area contributed by atoms with Crippen LogP contribution in [-0.4, -0.2) is 0 Å². The quantitative estimate of drug-likeness (QED) is 0.148. The normalized spacial score (nSPS) is 12.5. The third kappa shape index (κ3) is 6.08. The first kappa shape index (κ1) is 37.5. The van der Waals surface area contributed by atoms with E-state index in [0.29, 0.717) is 0 Å². The fourth-order valence-corrected chi connectivity index (χ4v) is 10.5. The van der Waals surface area contributed by atoms with Crippen molar-refractivity contribution in [1.29, 1.82) is 0 Å². The van der Waals surface area contributed by atoms with Crippen LogP contribution in [0.5, 0.6) is 0 Å². The van der Waals surface area contributed by atoms with Gasteiger partial charge in [0.05, 0.1) is 11.1 Å². The molecule has 0 aromatic heterocycles. The topological polar surface area (TPSA) is 3.24 Å². The van der Waals surface area contributed by atoms with Crippen LogP contribution in [-0.2, 0) is 5.41 Å². The molecular formula is C63H43N. The van der Waals surface area contributed by atoms with Gasteiger partial charge in [-0.1, -0.05) is 224 Å². The van der Waals surface area contributed by atoms with Crippen LogP contribution in [0, 0.1) is 0 Å². The Balaban J connectivity index is 1.07. The van der Waals surface area contributed by atoms with Gasteiger partial charge in [-0.3, -0.25) is 0 Å². The third-order valence-electron chi connectivity index (χ3n) is 13.3. The lowest BCUT2D eigenvalue weighted by molar-refractivity contribution is 0.768. The Morgan fingerprint density at radius 1 is 0.281 bits per heavy atom. The molecule has 0 saturated heterocycles. The smallest absolute Gasteiger partial charge is 0.0714 e. The van der Waals surface area contributed by atoms with Crippen molar-refractivity contribution < 1.29 is 0 Å². The first-order valence-electron chi connectivity index (χ1n) is 22.2. The summed E-state index contributed by atoms with van der Waals surface area (Å²) in [6.07, 6.45) is 0. The maximum atomic E-state index is 2.48. The van der Waals surface area contributed by atoms with Gasteiger partial charge >= 0.3 is 0 Å². The van der Waals surface area contributed by atoms with Crippen molar-refractivity contribution in [2.45, 2.75) is 5.41 Å². The lowest BCUT2D eigenvalue weighted by Crippen LogP contribution is -2.28. The Hall–Kier alpha value is -8.26. The van der Waals surface area contributed by atoms with Gasteiger partial charge in [-0.25, -0.2) is 0 Å². The highest BCUT2D eigenvalue weighted by molar-refractivity contribution is 6.00.